The zero-order chi connectivity index (χ0) is 10.7. The number of aliphatic hydroxyl groups excluding tert-OH is 2. The molecule has 0 bridgehead atoms. The number of carbonyl (C=O) groups excluding carboxylic acids is 2. The predicted octanol–water partition coefficient (Wildman–Crippen LogP) is -1.76. The first-order chi connectivity index (χ1) is 6.61. The van der Waals surface area contributed by atoms with Crippen molar-refractivity contribution in [1.82, 2.24) is 0 Å². The molecule has 1 aliphatic heterocycles. The summed E-state index contributed by atoms with van der Waals surface area (Å²) in [7, 11) is 0. The third kappa shape index (κ3) is 1.92. The minimum Gasteiger partial charge on any atom is -0.450 e. The molecule has 0 spiro atoms. The molecule has 0 aliphatic carbocycles. The Morgan fingerprint density at radius 1 is 1.57 bits per heavy atom. The van der Waals surface area contributed by atoms with Crippen LogP contribution < -0.4 is 0 Å². The highest BCUT2D eigenvalue weighted by atomic mass is 16.6. The highest BCUT2D eigenvalue weighted by Gasteiger charge is 2.47. The Kier molecular flexibility index (Phi) is 3.56. The van der Waals surface area contributed by atoms with Crippen LogP contribution in [0.1, 0.15) is 6.92 Å². The van der Waals surface area contributed by atoms with Gasteiger partial charge in [-0.05, 0) is 6.92 Å². The third-order valence-electron chi connectivity index (χ3n) is 1.91. The van der Waals surface area contributed by atoms with E-state index in [1.807, 2.05) is 0 Å². The van der Waals surface area contributed by atoms with Gasteiger partial charge in [0.05, 0.1) is 6.61 Å². The van der Waals surface area contributed by atoms with Crippen LogP contribution in [-0.2, 0) is 19.1 Å². The number of cyclic esters (lactones) is 1. The van der Waals surface area contributed by atoms with E-state index in [9.17, 15) is 14.7 Å². The first-order valence-electron chi connectivity index (χ1n) is 4.27. The molecule has 3 atom stereocenters. The molecule has 1 rings (SSSR count). The van der Waals surface area contributed by atoms with Gasteiger partial charge in [-0.3, -0.25) is 4.79 Å². The van der Waals surface area contributed by atoms with Crippen LogP contribution in [0.15, 0.2) is 0 Å². The molecule has 0 radical (unpaired) electrons. The fourth-order valence-corrected chi connectivity index (χ4v) is 1.24. The zero-order valence-electron chi connectivity index (χ0n) is 7.67. The lowest BCUT2D eigenvalue weighted by atomic mass is 10.1. The number of ether oxygens (including phenoxy) is 2. The molecule has 1 heterocycles. The molecule has 2 N–H and O–H groups in total. The van der Waals surface area contributed by atoms with Gasteiger partial charge in [-0.15, -0.1) is 0 Å². The number of ketones is 1. The first kappa shape index (κ1) is 11.1. The van der Waals surface area contributed by atoms with Crippen LogP contribution in [0.3, 0.4) is 0 Å². The van der Waals surface area contributed by atoms with Gasteiger partial charge >= 0.3 is 5.97 Å². The number of carbonyl (C=O) groups is 2. The molecule has 6 nitrogen and oxygen atoms in total. The predicted molar refractivity (Wildman–Crippen MR) is 43.4 cm³/mol. The number of hydrogen-bond acceptors (Lipinski definition) is 6. The van der Waals surface area contributed by atoms with Crippen molar-refractivity contribution in [3.8, 4) is 0 Å². The van der Waals surface area contributed by atoms with Crippen LogP contribution in [0, 0.1) is 0 Å². The Morgan fingerprint density at radius 2 is 2.21 bits per heavy atom. The van der Waals surface area contributed by atoms with Crippen LogP contribution in [-0.4, -0.2) is 53.5 Å². The summed E-state index contributed by atoms with van der Waals surface area (Å²) in [6.07, 6.45) is -3.49. The van der Waals surface area contributed by atoms with Gasteiger partial charge in [0.1, 0.15) is 6.10 Å². The van der Waals surface area contributed by atoms with Crippen LogP contribution in [0.4, 0.5) is 0 Å². The Hall–Kier alpha value is -0.980. The standard InChI is InChI=1S/C8H12O6/c1-2-13-7-5(11)8(12)14-6(7)4(10)3-9/h4,6-7,9-10H,2-3H2,1H3/t4-,6+,7?/m0/s1. The van der Waals surface area contributed by atoms with E-state index in [0.29, 0.717) is 0 Å². The highest BCUT2D eigenvalue weighted by Crippen LogP contribution is 2.18. The van der Waals surface area contributed by atoms with E-state index in [1.165, 1.54) is 0 Å². The fraction of sp³-hybridized carbons (Fsp3) is 0.750. The summed E-state index contributed by atoms with van der Waals surface area (Å²) in [5.74, 6) is -1.84. The van der Waals surface area contributed by atoms with Gasteiger partial charge in [-0.25, -0.2) is 4.79 Å². The molecule has 0 aromatic carbocycles. The topological polar surface area (TPSA) is 93.1 Å². The molecule has 6 heteroatoms. The lowest BCUT2D eigenvalue weighted by molar-refractivity contribution is -0.152. The van der Waals surface area contributed by atoms with Crippen molar-refractivity contribution >= 4 is 11.8 Å². The summed E-state index contributed by atoms with van der Waals surface area (Å²) >= 11 is 0. The Bertz CT molecular complexity index is 238. The van der Waals surface area contributed by atoms with Crippen LogP contribution >= 0.6 is 0 Å². The van der Waals surface area contributed by atoms with E-state index in [0.717, 1.165) is 0 Å². The maximum Gasteiger partial charge on any atom is 0.378 e. The normalized spacial score (nSPS) is 29.1. The van der Waals surface area contributed by atoms with Gasteiger partial charge in [0.2, 0.25) is 0 Å². The maximum atomic E-state index is 11.1. The Balaban J connectivity index is 2.74. The van der Waals surface area contributed by atoms with E-state index in [4.69, 9.17) is 9.84 Å². The average molecular weight is 204 g/mol. The van der Waals surface area contributed by atoms with Crippen molar-refractivity contribution in [1.29, 1.82) is 0 Å². The van der Waals surface area contributed by atoms with Crippen molar-refractivity contribution < 1.29 is 29.3 Å². The molecule has 0 aromatic rings. The van der Waals surface area contributed by atoms with E-state index in [2.05, 4.69) is 4.74 Å². The fourth-order valence-electron chi connectivity index (χ4n) is 1.24. The molecule has 1 saturated heterocycles. The summed E-state index contributed by atoms with van der Waals surface area (Å²) in [4.78, 5) is 22.0. The number of Topliss-reactive ketones (excluding diaryl/α,β-unsaturated/α-hetero) is 1. The smallest absolute Gasteiger partial charge is 0.378 e. The van der Waals surface area contributed by atoms with E-state index < -0.39 is 36.7 Å². The quantitative estimate of drug-likeness (QED) is 0.416. The molecule has 1 unspecified atom stereocenters. The summed E-state index contributed by atoms with van der Waals surface area (Å²) in [6.45, 7) is 1.29. The first-order valence-corrected chi connectivity index (χ1v) is 4.27. The molecule has 1 aliphatic rings. The van der Waals surface area contributed by atoms with Crippen LogP contribution in [0.5, 0.6) is 0 Å². The van der Waals surface area contributed by atoms with E-state index >= 15 is 0 Å². The second kappa shape index (κ2) is 4.50. The molecule has 0 amide bonds. The number of hydrogen-bond donors (Lipinski definition) is 2. The van der Waals surface area contributed by atoms with E-state index in [-0.39, 0.29) is 6.61 Å². The maximum absolute atomic E-state index is 11.1. The molecular formula is C8H12O6. The molecule has 0 saturated carbocycles. The van der Waals surface area contributed by atoms with Crippen molar-refractivity contribution in [2.45, 2.75) is 25.2 Å². The van der Waals surface area contributed by atoms with Crippen molar-refractivity contribution in [3.63, 3.8) is 0 Å². The second-order valence-corrected chi connectivity index (χ2v) is 2.86. The average Bonchev–Trinajstić information content (AvgIpc) is 2.45. The number of aliphatic hydroxyl groups is 2. The van der Waals surface area contributed by atoms with Gasteiger partial charge in [0.25, 0.3) is 5.78 Å². The van der Waals surface area contributed by atoms with Crippen molar-refractivity contribution in [3.05, 3.63) is 0 Å². The molecule has 14 heavy (non-hydrogen) atoms. The molecule has 80 valence electrons. The van der Waals surface area contributed by atoms with Gasteiger partial charge in [-0.1, -0.05) is 0 Å². The summed E-state index contributed by atoms with van der Waals surface area (Å²) in [6, 6.07) is 0. The van der Waals surface area contributed by atoms with Crippen molar-refractivity contribution in [2.75, 3.05) is 13.2 Å². The summed E-state index contributed by atoms with van der Waals surface area (Å²) < 4.78 is 9.52. The summed E-state index contributed by atoms with van der Waals surface area (Å²) in [5, 5.41) is 17.9. The largest absolute Gasteiger partial charge is 0.450 e. The minimum atomic E-state index is -1.29. The molecule has 1 fully saturated rings. The lowest BCUT2D eigenvalue weighted by Gasteiger charge is -2.19. The molecule has 0 aromatic heterocycles. The highest BCUT2D eigenvalue weighted by molar-refractivity contribution is 6.37. The van der Waals surface area contributed by atoms with Gasteiger partial charge in [-0.2, -0.15) is 0 Å². The Labute approximate surface area is 80.4 Å². The monoisotopic (exact) mass is 204 g/mol. The van der Waals surface area contributed by atoms with Gasteiger partial charge in [0, 0.05) is 6.61 Å². The number of esters is 1. The van der Waals surface area contributed by atoms with E-state index in [1.54, 1.807) is 6.92 Å². The van der Waals surface area contributed by atoms with Gasteiger partial charge < -0.3 is 19.7 Å². The van der Waals surface area contributed by atoms with Crippen molar-refractivity contribution in [2.24, 2.45) is 0 Å². The Morgan fingerprint density at radius 3 is 2.71 bits per heavy atom. The van der Waals surface area contributed by atoms with Gasteiger partial charge in [0.15, 0.2) is 12.2 Å². The summed E-state index contributed by atoms with van der Waals surface area (Å²) in [5.41, 5.74) is 0. The third-order valence-corrected chi connectivity index (χ3v) is 1.91. The minimum absolute atomic E-state index is 0.224. The number of rotatable bonds is 4. The lowest BCUT2D eigenvalue weighted by Crippen LogP contribution is -2.40. The van der Waals surface area contributed by atoms with Crippen LogP contribution in [0.25, 0.3) is 0 Å². The SMILES string of the molecule is CCOC1C(=O)C(=O)O[C@@H]1[C@@H](O)CO. The second-order valence-electron chi connectivity index (χ2n) is 2.86. The zero-order valence-corrected chi connectivity index (χ0v) is 7.67. The van der Waals surface area contributed by atoms with Crippen LogP contribution in [0.2, 0.25) is 0 Å². The molecular weight excluding hydrogens is 192 g/mol.